The summed E-state index contributed by atoms with van der Waals surface area (Å²) in [4.78, 5) is 11.1. The van der Waals surface area contributed by atoms with Crippen LogP contribution in [0.25, 0.3) is 0 Å². The number of benzene rings is 1. The summed E-state index contributed by atoms with van der Waals surface area (Å²) in [6.07, 6.45) is 0. The van der Waals surface area contributed by atoms with Crippen molar-refractivity contribution < 1.29 is 13.6 Å². The van der Waals surface area contributed by atoms with Crippen molar-refractivity contribution in [2.75, 3.05) is 5.88 Å². The summed E-state index contributed by atoms with van der Waals surface area (Å²) in [6.45, 7) is 1.35. The van der Waals surface area contributed by atoms with Crippen LogP contribution in [0.3, 0.4) is 0 Å². The highest BCUT2D eigenvalue weighted by Gasteiger charge is 2.16. The van der Waals surface area contributed by atoms with Crippen LogP contribution < -0.4 is 0 Å². The lowest BCUT2D eigenvalue weighted by atomic mass is 10.0. The zero-order valence-corrected chi connectivity index (χ0v) is 7.66. The Morgan fingerprint density at radius 2 is 1.92 bits per heavy atom. The highest BCUT2D eigenvalue weighted by atomic mass is 35.5. The molecule has 0 aliphatic carbocycles. The summed E-state index contributed by atoms with van der Waals surface area (Å²) >= 11 is 5.24. The third-order valence-electron chi connectivity index (χ3n) is 1.75. The Morgan fingerprint density at radius 1 is 1.38 bits per heavy atom. The van der Waals surface area contributed by atoms with Gasteiger partial charge in [0.05, 0.1) is 11.4 Å². The van der Waals surface area contributed by atoms with Crippen LogP contribution in [0.2, 0.25) is 0 Å². The first-order valence-corrected chi connectivity index (χ1v) is 4.15. The van der Waals surface area contributed by atoms with Crippen molar-refractivity contribution in [3.8, 4) is 0 Å². The van der Waals surface area contributed by atoms with Crippen LogP contribution in [-0.2, 0) is 0 Å². The fourth-order valence-corrected chi connectivity index (χ4v) is 1.20. The van der Waals surface area contributed by atoms with Gasteiger partial charge in [-0.25, -0.2) is 8.78 Å². The Morgan fingerprint density at radius 3 is 2.46 bits per heavy atom. The SMILES string of the molecule is Cc1c(F)ccc(F)c1C(=O)CCl. The van der Waals surface area contributed by atoms with Gasteiger partial charge in [0.15, 0.2) is 5.78 Å². The topological polar surface area (TPSA) is 17.1 Å². The molecule has 1 aromatic carbocycles. The molecule has 0 heterocycles. The number of Topliss-reactive ketones (excluding diaryl/α,β-unsaturated/α-hetero) is 1. The van der Waals surface area contributed by atoms with Gasteiger partial charge in [-0.2, -0.15) is 0 Å². The maximum atomic E-state index is 13.0. The average molecular weight is 205 g/mol. The first-order chi connectivity index (χ1) is 6.07. The number of ketones is 1. The molecular formula is C9H7ClF2O. The van der Waals surface area contributed by atoms with Gasteiger partial charge in [-0.3, -0.25) is 4.79 Å². The second-order valence-corrected chi connectivity index (χ2v) is 2.85. The quantitative estimate of drug-likeness (QED) is 0.535. The van der Waals surface area contributed by atoms with Gasteiger partial charge in [0, 0.05) is 0 Å². The van der Waals surface area contributed by atoms with Crippen molar-refractivity contribution in [2.24, 2.45) is 0 Å². The van der Waals surface area contributed by atoms with Gasteiger partial charge in [-0.05, 0) is 24.6 Å². The molecule has 4 heteroatoms. The number of carbonyl (C=O) groups excluding carboxylic acids is 1. The zero-order chi connectivity index (χ0) is 10.0. The summed E-state index contributed by atoms with van der Waals surface area (Å²) in [5.74, 6) is -2.28. The molecule has 0 N–H and O–H groups in total. The average Bonchev–Trinajstić information content (AvgIpc) is 2.12. The Hall–Kier alpha value is -0.960. The Labute approximate surface area is 79.3 Å². The molecule has 0 saturated heterocycles. The molecule has 0 aliphatic heterocycles. The van der Waals surface area contributed by atoms with Crippen LogP contribution >= 0.6 is 11.6 Å². The Balaban J connectivity index is 3.33. The van der Waals surface area contributed by atoms with Crippen molar-refractivity contribution >= 4 is 17.4 Å². The number of hydrogen-bond acceptors (Lipinski definition) is 1. The molecule has 13 heavy (non-hydrogen) atoms. The number of hydrogen-bond donors (Lipinski definition) is 0. The summed E-state index contributed by atoms with van der Waals surface area (Å²) in [6, 6.07) is 1.90. The minimum Gasteiger partial charge on any atom is -0.293 e. The minimum absolute atomic E-state index is 0.00523. The van der Waals surface area contributed by atoms with Gasteiger partial charge in [0.2, 0.25) is 0 Å². The molecule has 0 aromatic heterocycles. The number of rotatable bonds is 2. The fraction of sp³-hybridized carbons (Fsp3) is 0.222. The molecule has 0 aliphatic rings. The molecule has 0 amide bonds. The van der Waals surface area contributed by atoms with Crippen LogP contribution in [0.5, 0.6) is 0 Å². The molecule has 1 rings (SSSR count). The van der Waals surface area contributed by atoms with Gasteiger partial charge in [0.1, 0.15) is 11.6 Å². The van der Waals surface area contributed by atoms with Crippen molar-refractivity contribution in [3.63, 3.8) is 0 Å². The van der Waals surface area contributed by atoms with Crippen LogP contribution in [0.15, 0.2) is 12.1 Å². The lowest BCUT2D eigenvalue weighted by Gasteiger charge is -2.04. The van der Waals surface area contributed by atoms with E-state index in [9.17, 15) is 13.6 Å². The zero-order valence-electron chi connectivity index (χ0n) is 6.90. The summed E-state index contributed by atoms with van der Waals surface area (Å²) in [5, 5.41) is 0. The minimum atomic E-state index is -0.732. The summed E-state index contributed by atoms with van der Waals surface area (Å²) in [7, 11) is 0. The third-order valence-corrected chi connectivity index (χ3v) is 1.99. The highest BCUT2D eigenvalue weighted by Crippen LogP contribution is 2.17. The van der Waals surface area contributed by atoms with E-state index in [4.69, 9.17) is 11.6 Å². The summed E-state index contributed by atoms with van der Waals surface area (Å²) in [5.41, 5.74) is -0.249. The molecule has 0 spiro atoms. The van der Waals surface area contributed by atoms with E-state index in [1.165, 1.54) is 6.92 Å². The second-order valence-electron chi connectivity index (χ2n) is 2.59. The van der Waals surface area contributed by atoms with E-state index in [1.54, 1.807) is 0 Å². The van der Waals surface area contributed by atoms with E-state index in [0.717, 1.165) is 12.1 Å². The van der Waals surface area contributed by atoms with Crippen molar-refractivity contribution in [1.29, 1.82) is 0 Å². The van der Waals surface area contributed by atoms with E-state index in [0.29, 0.717) is 0 Å². The van der Waals surface area contributed by atoms with E-state index in [1.807, 2.05) is 0 Å². The Kier molecular flexibility index (Phi) is 2.98. The van der Waals surface area contributed by atoms with Gasteiger partial charge in [-0.1, -0.05) is 0 Å². The van der Waals surface area contributed by atoms with Crippen LogP contribution in [0.4, 0.5) is 8.78 Å². The molecule has 0 radical (unpaired) electrons. The van der Waals surface area contributed by atoms with Crippen LogP contribution in [-0.4, -0.2) is 11.7 Å². The van der Waals surface area contributed by atoms with Crippen LogP contribution in [0, 0.1) is 18.6 Å². The van der Waals surface area contributed by atoms with Crippen molar-refractivity contribution in [3.05, 3.63) is 34.9 Å². The molecule has 1 nitrogen and oxygen atoms in total. The maximum Gasteiger partial charge on any atom is 0.180 e. The van der Waals surface area contributed by atoms with Gasteiger partial charge >= 0.3 is 0 Å². The molecule has 0 fully saturated rings. The Bertz CT molecular complexity index is 350. The highest BCUT2D eigenvalue weighted by molar-refractivity contribution is 6.30. The number of halogens is 3. The van der Waals surface area contributed by atoms with Gasteiger partial charge in [0.25, 0.3) is 0 Å². The fourth-order valence-electron chi connectivity index (χ4n) is 1.06. The molecule has 0 unspecified atom stereocenters. The lowest BCUT2D eigenvalue weighted by molar-refractivity contribution is 0.101. The lowest BCUT2D eigenvalue weighted by Crippen LogP contribution is -2.07. The molecule has 70 valence electrons. The maximum absolute atomic E-state index is 13.0. The molecule has 0 atom stereocenters. The summed E-state index contributed by atoms with van der Waals surface area (Å²) < 4.78 is 25.9. The van der Waals surface area contributed by atoms with Crippen molar-refractivity contribution in [1.82, 2.24) is 0 Å². The normalized spacial score (nSPS) is 10.2. The third kappa shape index (κ3) is 1.86. The monoisotopic (exact) mass is 204 g/mol. The van der Waals surface area contributed by atoms with Gasteiger partial charge in [-0.15, -0.1) is 11.6 Å². The molecule has 0 bridgehead atoms. The largest absolute Gasteiger partial charge is 0.293 e. The van der Waals surface area contributed by atoms with Gasteiger partial charge < -0.3 is 0 Å². The predicted molar refractivity (Wildman–Crippen MR) is 46.1 cm³/mol. The first kappa shape index (κ1) is 10.1. The smallest absolute Gasteiger partial charge is 0.180 e. The van der Waals surface area contributed by atoms with Crippen LogP contribution in [0.1, 0.15) is 15.9 Å². The first-order valence-electron chi connectivity index (χ1n) is 3.61. The second kappa shape index (κ2) is 3.83. The van der Waals surface area contributed by atoms with E-state index >= 15 is 0 Å². The van der Waals surface area contributed by atoms with E-state index < -0.39 is 17.4 Å². The number of alkyl halides is 1. The molecular weight excluding hydrogens is 198 g/mol. The van der Waals surface area contributed by atoms with Crippen molar-refractivity contribution in [2.45, 2.75) is 6.92 Å². The molecule has 0 saturated carbocycles. The van der Waals surface area contributed by atoms with E-state index in [-0.39, 0.29) is 17.0 Å². The standard InChI is InChI=1S/C9H7ClF2O/c1-5-6(11)2-3-7(12)9(5)8(13)4-10/h2-3H,4H2,1H3. The van der Waals surface area contributed by atoms with E-state index in [2.05, 4.69) is 0 Å². The molecule has 1 aromatic rings. The number of carbonyl (C=O) groups is 1. The predicted octanol–water partition coefficient (Wildman–Crippen LogP) is 2.69.